The third-order valence-electron chi connectivity index (χ3n) is 5.42. The molecule has 7 nitrogen and oxygen atoms in total. The van der Waals surface area contributed by atoms with Gasteiger partial charge < -0.3 is 9.80 Å². The predicted molar refractivity (Wildman–Crippen MR) is 96.4 cm³/mol. The molecule has 134 valence electrons. The van der Waals surface area contributed by atoms with Crippen LogP contribution in [0, 0.1) is 11.8 Å². The maximum absolute atomic E-state index is 4.53. The van der Waals surface area contributed by atoms with Gasteiger partial charge in [-0.25, -0.2) is 9.97 Å². The summed E-state index contributed by atoms with van der Waals surface area (Å²) >= 11 is 0. The molecule has 2 unspecified atom stereocenters. The van der Waals surface area contributed by atoms with Gasteiger partial charge in [0.2, 0.25) is 0 Å². The van der Waals surface area contributed by atoms with Gasteiger partial charge in [0.15, 0.2) is 0 Å². The van der Waals surface area contributed by atoms with Gasteiger partial charge in [0.1, 0.15) is 12.1 Å². The SMILES string of the molecule is CC(C)(C)c1cc(N2CC3CN(CCn4ccnn4)CC3C2)ncn1. The summed E-state index contributed by atoms with van der Waals surface area (Å²) in [5.41, 5.74) is 1.18. The number of fused-ring (bicyclic) bond motifs is 1. The van der Waals surface area contributed by atoms with Gasteiger partial charge in [0, 0.05) is 50.4 Å². The van der Waals surface area contributed by atoms with Crippen molar-refractivity contribution in [2.45, 2.75) is 32.7 Å². The molecule has 2 aliphatic heterocycles. The van der Waals surface area contributed by atoms with Gasteiger partial charge in [-0.2, -0.15) is 0 Å². The molecule has 0 N–H and O–H groups in total. The first-order chi connectivity index (χ1) is 12.0. The molecule has 2 atom stereocenters. The topological polar surface area (TPSA) is 63.0 Å². The average molecular weight is 341 g/mol. The van der Waals surface area contributed by atoms with Crippen LogP contribution in [0.3, 0.4) is 0 Å². The molecule has 0 spiro atoms. The molecule has 7 heteroatoms. The van der Waals surface area contributed by atoms with Crippen molar-refractivity contribution in [1.29, 1.82) is 0 Å². The molecule has 0 aromatic carbocycles. The molecule has 4 rings (SSSR count). The number of anilines is 1. The van der Waals surface area contributed by atoms with Crippen LogP contribution in [0.1, 0.15) is 26.5 Å². The third kappa shape index (κ3) is 3.51. The maximum atomic E-state index is 4.53. The Kier molecular flexibility index (Phi) is 4.19. The lowest BCUT2D eigenvalue weighted by atomic mass is 9.92. The van der Waals surface area contributed by atoms with E-state index in [2.05, 4.69) is 56.9 Å². The smallest absolute Gasteiger partial charge is 0.132 e. The van der Waals surface area contributed by atoms with E-state index < -0.39 is 0 Å². The normalized spacial score (nSPS) is 24.0. The van der Waals surface area contributed by atoms with Crippen molar-refractivity contribution >= 4 is 5.82 Å². The first-order valence-corrected chi connectivity index (χ1v) is 9.13. The van der Waals surface area contributed by atoms with Gasteiger partial charge in [-0.05, 0) is 11.8 Å². The lowest BCUT2D eigenvalue weighted by molar-refractivity contribution is 0.295. The fourth-order valence-electron chi connectivity index (χ4n) is 3.99. The second-order valence-electron chi connectivity index (χ2n) is 8.36. The Labute approximate surface area is 149 Å². The van der Waals surface area contributed by atoms with Crippen LogP contribution in [0.15, 0.2) is 24.8 Å². The fourth-order valence-corrected chi connectivity index (χ4v) is 3.99. The van der Waals surface area contributed by atoms with Crippen molar-refractivity contribution < 1.29 is 0 Å². The molecule has 0 amide bonds. The Bertz CT molecular complexity index is 692. The summed E-state index contributed by atoms with van der Waals surface area (Å²) in [6.07, 6.45) is 5.39. The van der Waals surface area contributed by atoms with E-state index in [0.29, 0.717) is 0 Å². The van der Waals surface area contributed by atoms with Crippen LogP contribution in [0.2, 0.25) is 0 Å². The lowest BCUT2D eigenvalue weighted by Gasteiger charge is -2.24. The summed E-state index contributed by atoms with van der Waals surface area (Å²) in [5, 5.41) is 7.91. The molecule has 0 bridgehead atoms. The zero-order chi connectivity index (χ0) is 17.4. The molecule has 0 radical (unpaired) electrons. The molecule has 2 aromatic heterocycles. The van der Waals surface area contributed by atoms with Gasteiger partial charge >= 0.3 is 0 Å². The van der Waals surface area contributed by atoms with Crippen molar-refractivity contribution in [2.24, 2.45) is 11.8 Å². The highest BCUT2D eigenvalue weighted by Gasteiger charge is 2.40. The highest BCUT2D eigenvalue weighted by atomic mass is 15.4. The van der Waals surface area contributed by atoms with E-state index in [9.17, 15) is 0 Å². The summed E-state index contributed by atoms with van der Waals surface area (Å²) in [6, 6.07) is 2.17. The zero-order valence-corrected chi connectivity index (χ0v) is 15.3. The van der Waals surface area contributed by atoms with Crippen LogP contribution in [0.5, 0.6) is 0 Å². The van der Waals surface area contributed by atoms with Crippen molar-refractivity contribution in [3.63, 3.8) is 0 Å². The van der Waals surface area contributed by atoms with Crippen LogP contribution >= 0.6 is 0 Å². The van der Waals surface area contributed by atoms with Crippen LogP contribution < -0.4 is 4.90 Å². The average Bonchev–Trinajstić information content (AvgIpc) is 3.28. The number of hydrogen-bond acceptors (Lipinski definition) is 6. The first kappa shape index (κ1) is 16.4. The minimum atomic E-state index is 0.0610. The molecule has 2 aliphatic rings. The van der Waals surface area contributed by atoms with Crippen molar-refractivity contribution in [3.8, 4) is 0 Å². The second-order valence-corrected chi connectivity index (χ2v) is 8.36. The van der Waals surface area contributed by atoms with E-state index >= 15 is 0 Å². The van der Waals surface area contributed by atoms with E-state index in [1.807, 2.05) is 10.9 Å². The van der Waals surface area contributed by atoms with Crippen LogP contribution in [0.25, 0.3) is 0 Å². The van der Waals surface area contributed by atoms with Gasteiger partial charge in [0.25, 0.3) is 0 Å². The molecule has 2 aromatic rings. The predicted octanol–water partition coefficient (Wildman–Crippen LogP) is 1.43. The number of likely N-dealkylation sites (tertiary alicyclic amines) is 1. The minimum Gasteiger partial charge on any atom is -0.356 e. The van der Waals surface area contributed by atoms with Gasteiger partial charge in [-0.15, -0.1) is 5.10 Å². The van der Waals surface area contributed by atoms with Crippen molar-refractivity contribution in [3.05, 3.63) is 30.5 Å². The number of aromatic nitrogens is 5. The van der Waals surface area contributed by atoms with E-state index in [1.165, 1.54) is 13.1 Å². The van der Waals surface area contributed by atoms with Crippen molar-refractivity contribution in [2.75, 3.05) is 37.6 Å². The Balaban J connectivity index is 1.35. The van der Waals surface area contributed by atoms with Crippen LogP contribution in [-0.2, 0) is 12.0 Å². The monoisotopic (exact) mass is 341 g/mol. The number of nitrogens with zero attached hydrogens (tertiary/aromatic N) is 7. The molecule has 0 aliphatic carbocycles. The van der Waals surface area contributed by atoms with Gasteiger partial charge in [-0.1, -0.05) is 26.0 Å². The molecular formula is C18H27N7. The highest BCUT2D eigenvalue weighted by Crippen LogP contribution is 2.34. The number of hydrogen-bond donors (Lipinski definition) is 0. The standard InChI is InChI=1S/C18H27N7/c1-18(2,3)16-8-17(20-13-19-16)24-11-14-9-23(10-15(14)12-24)6-7-25-5-4-21-22-25/h4-5,8,13-15H,6-7,9-12H2,1-3H3. The summed E-state index contributed by atoms with van der Waals surface area (Å²) in [6.45, 7) is 13.1. The largest absolute Gasteiger partial charge is 0.356 e. The fraction of sp³-hybridized carbons (Fsp3) is 0.667. The molecule has 0 saturated carbocycles. The Morgan fingerprint density at radius 3 is 2.44 bits per heavy atom. The van der Waals surface area contributed by atoms with Crippen LogP contribution in [0.4, 0.5) is 5.82 Å². The van der Waals surface area contributed by atoms with Crippen molar-refractivity contribution in [1.82, 2.24) is 29.9 Å². The summed E-state index contributed by atoms with van der Waals surface area (Å²) < 4.78 is 1.91. The van der Waals surface area contributed by atoms with Gasteiger partial charge in [0.05, 0.1) is 18.4 Å². The quantitative estimate of drug-likeness (QED) is 0.838. The Hall–Kier alpha value is -2.02. The highest BCUT2D eigenvalue weighted by molar-refractivity contribution is 5.42. The van der Waals surface area contributed by atoms with E-state index in [1.54, 1.807) is 12.5 Å². The molecular weight excluding hydrogens is 314 g/mol. The second kappa shape index (κ2) is 6.37. The summed E-state index contributed by atoms with van der Waals surface area (Å²) in [7, 11) is 0. The van der Waals surface area contributed by atoms with E-state index in [0.717, 1.165) is 49.5 Å². The molecule has 25 heavy (non-hydrogen) atoms. The third-order valence-corrected chi connectivity index (χ3v) is 5.42. The van der Waals surface area contributed by atoms with Crippen LogP contribution in [-0.4, -0.2) is 62.6 Å². The Morgan fingerprint density at radius 1 is 1.04 bits per heavy atom. The lowest BCUT2D eigenvalue weighted by Crippen LogP contribution is -2.31. The van der Waals surface area contributed by atoms with E-state index in [4.69, 9.17) is 0 Å². The summed E-state index contributed by atoms with van der Waals surface area (Å²) in [5.74, 6) is 2.57. The first-order valence-electron chi connectivity index (χ1n) is 9.13. The minimum absolute atomic E-state index is 0.0610. The molecule has 4 heterocycles. The van der Waals surface area contributed by atoms with Gasteiger partial charge in [-0.3, -0.25) is 4.68 Å². The molecule has 2 fully saturated rings. The van der Waals surface area contributed by atoms with E-state index in [-0.39, 0.29) is 5.41 Å². The zero-order valence-electron chi connectivity index (χ0n) is 15.3. The summed E-state index contributed by atoms with van der Waals surface area (Å²) in [4.78, 5) is 14.0. The number of rotatable bonds is 4. The Morgan fingerprint density at radius 2 is 1.80 bits per heavy atom. The molecule has 2 saturated heterocycles. The maximum Gasteiger partial charge on any atom is 0.132 e.